The Morgan fingerprint density at radius 3 is 2.75 bits per heavy atom. The van der Waals surface area contributed by atoms with Gasteiger partial charge in [0.25, 0.3) is 0 Å². The molecule has 2 aromatic carbocycles. The summed E-state index contributed by atoms with van der Waals surface area (Å²) in [5.74, 6) is -0.358. The maximum Gasteiger partial charge on any atom is 0.124 e. The molecule has 0 amide bonds. The molecule has 1 atom stereocenters. The molecule has 2 N–H and O–H groups in total. The van der Waals surface area contributed by atoms with E-state index in [-0.39, 0.29) is 11.9 Å². The van der Waals surface area contributed by atoms with Gasteiger partial charge in [0, 0.05) is 14.2 Å². The molecule has 1 aromatic heterocycles. The van der Waals surface area contributed by atoms with Crippen LogP contribution in [-0.4, -0.2) is 0 Å². The van der Waals surface area contributed by atoms with Gasteiger partial charge < -0.3 is 5.73 Å². The molecule has 0 radical (unpaired) electrons. The van der Waals surface area contributed by atoms with E-state index >= 15 is 0 Å². The molecule has 0 bridgehead atoms. The summed E-state index contributed by atoms with van der Waals surface area (Å²) in [5.41, 5.74) is 8.04. The van der Waals surface area contributed by atoms with Crippen molar-refractivity contribution in [1.82, 2.24) is 0 Å². The van der Waals surface area contributed by atoms with E-state index in [4.69, 9.17) is 17.3 Å². The fourth-order valence-electron chi connectivity index (χ4n) is 2.20. The van der Waals surface area contributed by atoms with Crippen LogP contribution in [0.15, 0.2) is 46.3 Å². The van der Waals surface area contributed by atoms with Gasteiger partial charge in [-0.15, -0.1) is 11.3 Å². The molecule has 102 valence electrons. The van der Waals surface area contributed by atoms with Crippen molar-refractivity contribution >= 4 is 49.0 Å². The number of hydrogen-bond acceptors (Lipinski definition) is 2. The minimum Gasteiger partial charge on any atom is -0.320 e. The van der Waals surface area contributed by atoms with Crippen molar-refractivity contribution < 1.29 is 4.39 Å². The Hall–Kier alpha value is -0.940. The molecular formula is C15H10BrClFNS. The van der Waals surface area contributed by atoms with Crippen LogP contribution < -0.4 is 5.73 Å². The van der Waals surface area contributed by atoms with Gasteiger partial charge >= 0.3 is 0 Å². The highest BCUT2D eigenvalue weighted by molar-refractivity contribution is 9.10. The topological polar surface area (TPSA) is 26.0 Å². The first-order valence-electron chi connectivity index (χ1n) is 5.94. The van der Waals surface area contributed by atoms with Crippen LogP contribution in [0.4, 0.5) is 4.39 Å². The smallest absolute Gasteiger partial charge is 0.124 e. The maximum absolute atomic E-state index is 13.1. The monoisotopic (exact) mass is 369 g/mol. The maximum atomic E-state index is 13.1. The molecule has 0 saturated carbocycles. The van der Waals surface area contributed by atoms with Crippen molar-refractivity contribution in [3.8, 4) is 0 Å². The van der Waals surface area contributed by atoms with E-state index in [0.29, 0.717) is 5.02 Å². The third-order valence-electron chi connectivity index (χ3n) is 3.21. The highest BCUT2D eigenvalue weighted by Gasteiger charge is 2.17. The van der Waals surface area contributed by atoms with Gasteiger partial charge in [0.2, 0.25) is 0 Å². The van der Waals surface area contributed by atoms with E-state index in [2.05, 4.69) is 15.9 Å². The van der Waals surface area contributed by atoms with E-state index in [9.17, 15) is 4.39 Å². The van der Waals surface area contributed by atoms with Crippen LogP contribution in [0.5, 0.6) is 0 Å². The number of rotatable bonds is 2. The summed E-state index contributed by atoms with van der Waals surface area (Å²) in [6, 6.07) is 9.95. The van der Waals surface area contributed by atoms with Crippen LogP contribution in [0.1, 0.15) is 17.2 Å². The molecule has 1 heterocycles. The molecule has 0 spiro atoms. The average Bonchev–Trinajstić information content (AvgIpc) is 2.83. The van der Waals surface area contributed by atoms with Crippen molar-refractivity contribution in [2.24, 2.45) is 5.73 Å². The Balaban J connectivity index is 2.13. The van der Waals surface area contributed by atoms with Crippen molar-refractivity contribution in [2.75, 3.05) is 0 Å². The third kappa shape index (κ3) is 2.37. The molecule has 3 aromatic rings. The molecule has 0 aliphatic rings. The zero-order chi connectivity index (χ0) is 14.3. The largest absolute Gasteiger partial charge is 0.320 e. The molecule has 0 aliphatic carbocycles. The minimum atomic E-state index is -0.369. The van der Waals surface area contributed by atoms with Crippen LogP contribution in [0, 0.1) is 5.82 Å². The second-order valence-corrected chi connectivity index (χ2v) is 6.59. The molecule has 0 fully saturated rings. The first kappa shape index (κ1) is 14.0. The second kappa shape index (κ2) is 5.45. The van der Waals surface area contributed by atoms with Gasteiger partial charge in [-0.25, -0.2) is 4.39 Å². The molecule has 0 saturated heterocycles. The summed E-state index contributed by atoms with van der Waals surface area (Å²) < 4.78 is 15.3. The lowest BCUT2D eigenvalue weighted by Gasteiger charge is -2.13. The quantitative estimate of drug-likeness (QED) is 0.633. The van der Waals surface area contributed by atoms with Gasteiger partial charge in [-0.05, 0) is 56.0 Å². The van der Waals surface area contributed by atoms with Crippen LogP contribution in [0.2, 0.25) is 5.02 Å². The highest BCUT2D eigenvalue weighted by Crippen LogP contribution is 2.37. The third-order valence-corrected chi connectivity index (χ3v) is 5.51. The summed E-state index contributed by atoms with van der Waals surface area (Å²) in [7, 11) is 0. The molecule has 1 nitrogen and oxygen atoms in total. The summed E-state index contributed by atoms with van der Waals surface area (Å²) in [6.45, 7) is 0. The van der Waals surface area contributed by atoms with E-state index in [1.54, 1.807) is 17.4 Å². The van der Waals surface area contributed by atoms with Crippen molar-refractivity contribution in [3.05, 3.63) is 68.2 Å². The van der Waals surface area contributed by atoms with Crippen LogP contribution in [0.25, 0.3) is 10.1 Å². The van der Waals surface area contributed by atoms with E-state index < -0.39 is 0 Å². The van der Waals surface area contributed by atoms with E-state index in [0.717, 1.165) is 25.7 Å². The Morgan fingerprint density at radius 1 is 1.20 bits per heavy atom. The number of fused-ring (bicyclic) bond motifs is 1. The fraction of sp³-hybridized carbons (Fsp3) is 0.0667. The van der Waals surface area contributed by atoms with Gasteiger partial charge in [-0.2, -0.15) is 0 Å². The first-order valence-corrected chi connectivity index (χ1v) is 7.99. The number of hydrogen-bond donors (Lipinski definition) is 1. The van der Waals surface area contributed by atoms with Crippen molar-refractivity contribution in [3.63, 3.8) is 0 Å². The number of benzene rings is 2. The number of halogens is 3. The number of nitrogens with two attached hydrogens (primary N) is 1. The lowest BCUT2D eigenvalue weighted by Crippen LogP contribution is -2.12. The van der Waals surface area contributed by atoms with Gasteiger partial charge in [-0.1, -0.05) is 29.8 Å². The predicted octanol–water partition coefficient (Wildman–Crippen LogP) is 5.50. The lowest BCUT2D eigenvalue weighted by atomic mass is 9.99. The Kier molecular flexibility index (Phi) is 3.82. The predicted molar refractivity (Wildman–Crippen MR) is 87.0 cm³/mol. The van der Waals surface area contributed by atoms with Crippen LogP contribution in [-0.2, 0) is 0 Å². The normalized spacial score (nSPS) is 12.8. The Labute approximate surface area is 133 Å². The minimum absolute atomic E-state index is 0.354. The molecule has 20 heavy (non-hydrogen) atoms. The fourth-order valence-corrected chi connectivity index (χ4v) is 4.15. The Bertz CT molecular complexity index is 787. The number of thiophene rings is 1. The molecule has 1 unspecified atom stereocenters. The first-order chi connectivity index (χ1) is 9.58. The van der Waals surface area contributed by atoms with Gasteiger partial charge in [0.15, 0.2) is 0 Å². The van der Waals surface area contributed by atoms with Crippen molar-refractivity contribution in [2.45, 2.75) is 6.04 Å². The van der Waals surface area contributed by atoms with Gasteiger partial charge in [0.05, 0.1) is 6.04 Å². The van der Waals surface area contributed by atoms with Crippen molar-refractivity contribution in [1.29, 1.82) is 0 Å². The highest BCUT2D eigenvalue weighted by atomic mass is 79.9. The summed E-state index contributed by atoms with van der Waals surface area (Å²) in [6.07, 6.45) is 0. The molecular weight excluding hydrogens is 361 g/mol. The summed E-state index contributed by atoms with van der Waals surface area (Å²) in [4.78, 5) is 0. The van der Waals surface area contributed by atoms with E-state index in [1.807, 2.05) is 23.6 Å². The molecule has 5 heteroatoms. The average molecular weight is 371 g/mol. The van der Waals surface area contributed by atoms with Gasteiger partial charge in [-0.3, -0.25) is 0 Å². The van der Waals surface area contributed by atoms with E-state index in [1.165, 1.54) is 12.1 Å². The summed E-state index contributed by atoms with van der Waals surface area (Å²) >= 11 is 11.3. The zero-order valence-corrected chi connectivity index (χ0v) is 13.4. The molecule has 3 rings (SSSR count). The standard InChI is InChI=1S/C15H10BrClFNS/c16-12-3-1-2-9-11(7-20-15(9)12)14(19)10-5-4-8(18)6-13(10)17/h1-7,14H,19H2. The molecule has 0 aliphatic heterocycles. The lowest BCUT2D eigenvalue weighted by molar-refractivity contribution is 0.626. The zero-order valence-electron chi connectivity index (χ0n) is 10.2. The second-order valence-electron chi connectivity index (χ2n) is 4.45. The van der Waals surface area contributed by atoms with Gasteiger partial charge in [0.1, 0.15) is 5.82 Å². The van der Waals surface area contributed by atoms with Crippen LogP contribution in [0.3, 0.4) is 0 Å². The SMILES string of the molecule is NC(c1ccc(F)cc1Cl)c1csc2c(Br)cccc12. The Morgan fingerprint density at radius 2 is 2.00 bits per heavy atom. The van der Waals surface area contributed by atoms with Crippen LogP contribution >= 0.6 is 38.9 Å². The summed E-state index contributed by atoms with van der Waals surface area (Å²) in [5, 5.41) is 3.48.